The SMILES string of the molecule is CCNC(=NCc1ccccc1OC(F)F)NCCCn1nc(C)cc1C.I. The minimum atomic E-state index is -2.85. The van der Waals surface area contributed by atoms with E-state index in [2.05, 4.69) is 31.5 Å². The summed E-state index contributed by atoms with van der Waals surface area (Å²) in [6, 6.07) is 8.74. The van der Waals surface area contributed by atoms with Crippen molar-refractivity contribution in [1.82, 2.24) is 20.4 Å². The molecule has 2 aromatic rings. The lowest BCUT2D eigenvalue weighted by atomic mass is 10.2. The topological polar surface area (TPSA) is 63.5 Å². The molecule has 156 valence electrons. The van der Waals surface area contributed by atoms with Crippen LogP contribution < -0.4 is 15.4 Å². The van der Waals surface area contributed by atoms with E-state index in [1.165, 1.54) is 6.07 Å². The van der Waals surface area contributed by atoms with Gasteiger partial charge in [-0.05, 0) is 39.3 Å². The van der Waals surface area contributed by atoms with Crippen LogP contribution in [0.4, 0.5) is 8.78 Å². The molecule has 2 rings (SSSR count). The molecule has 28 heavy (non-hydrogen) atoms. The number of nitrogens with zero attached hydrogens (tertiary/aromatic N) is 3. The number of rotatable bonds is 9. The van der Waals surface area contributed by atoms with Gasteiger partial charge in [0.25, 0.3) is 0 Å². The van der Waals surface area contributed by atoms with E-state index in [4.69, 9.17) is 0 Å². The number of nitrogens with one attached hydrogen (secondary N) is 2. The van der Waals surface area contributed by atoms with Crippen molar-refractivity contribution in [2.75, 3.05) is 13.1 Å². The highest BCUT2D eigenvalue weighted by Gasteiger charge is 2.09. The second kappa shape index (κ2) is 12.5. The first-order valence-corrected chi connectivity index (χ1v) is 9.05. The molecule has 0 radical (unpaired) electrons. The Balaban J connectivity index is 0.00000392. The van der Waals surface area contributed by atoms with Crippen LogP contribution in [0.25, 0.3) is 0 Å². The molecule has 0 spiro atoms. The summed E-state index contributed by atoms with van der Waals surface area (Å²) in [5.41, 5.74) is 2.77. The van der Waals surface area contributed by atoms with E-state index in [0.29, 0.717) is 18.1 Å². The third-order valence-corrected chi connectivity index (χ3v) is 3.88. The molecule has 0 amide bonds. The van der Waals surface area contributed by atoms with Gasteiger partial charge in [-0.25, -0.2) is 4.99 Å². The van der Waals surface area contributed by atoms with Crippen LogP contribution in [0.5, 0.6) is 5.75 Å². The average molecular weight is 507 g/mol. The Hall–Kier alpha value is -1.91. The Bertz CT molecular complexity index is 752. The lowest BCUT2D eigenvalue weighted by Crippen LogP contribution is -2.38. The zero-order valence-corrected chi connectivity index (χ0v) is 18.7. The van der Waals surface area contributed by atoms with E-state index in [0.717, 1.165) is 30.9 Å². The molecule has 6 nitrogen and oxygen atoms in total. The minimum absolute atomic E-state index is 0. The highest BCUT2D eigenvalue weighted by Crippen LogP contribution is 2.20. The summed E-state index contributed by atoms with van der Waals surface area (Å²) < 4.78 is 31.5. The summed E-state index contributed by atoms with van der Waals surface area (Å²) in [4.78, 5) is 4.46. The van der Waals surface area contributed by atoms with Crippen molar-refractivity contribution >= 4 is 29.9 Å². The van der Waals surface area contributed by atoms with Crippen LogP contribution in [0.1, 0.15) is 30.3 Å². The number of aliphatic imine (C=N–C) groups is 1. The number of alkyl halides is 2. The number of para-hydroxylation sites is 1. The lowest BCUT2D eigenvalue weighted by Gasteiger charge is -2.13. The van der Waals surface area contributed by atoms with Crippen molar-refractivity contribution in [3.05, 3.63) is 47.3 Å². The van der Waals surface area contributed by atoms with Gasteiger partial charge in [0.15, 0.2) is 5.96 Å². The highest BCUT2D eigenvalue weighted by molar-refractivity contribution is 14.0. The van der Waals surface area contributed by atoms with Crippen LogP contribution in [-0.2, 0) is 13.1 Å². The summed E-state index contributed by atoms with van der Waals surface area (Å²) in [7, 11) is 0. The number of hydrogen-bond acceptors (Lipinski definition) is 3. The zero-order valence-electron chi connectivity index (χ0n) is 16.4. The third-order valence-electron chi connectivity index (χ3n) is 3.88. The van der Waals surface area contributed by atoms with E-state index >= 15 is 0 Å². The number of hydrogen-bond donors (Lipinski definition) is 2. The first kappa shape index (κ1) is 24.1. The summed E-state index contributed by atoms with van der Waals surface area (Å²) in [5, 5.41) is 10.9. The number of aryl methyl sites for hydroxylation is 3. The molecule has 0 fully saturated rings. The molecule has 9 heteroatoms. The maximum absolute atomic E-state index is 12.5. The highest BCUT2D eigenvalue weighted by atomic mass is 127. The third kappa shape index (κ3) is 7.99. The molecular weight excluding hydrogens is 479 g/mol. The van der Waals surface area contributed by atoms with Crippen molar-refractivity contribution in [1.29, 1.82) is 0 Å². The number of guanidine groups is 1. The van der Waals surface area contributed by atoms with Gasteiger partial charge in [-0.3, -0.25) is 4.68 Å². The van der Waals surface area contributed by atoms with Crippen molar-refractivity contribution in [2.24, 2.45) is 4.99 Å². The fraction of sp³-hybridized carbons (Fsp3) is 0.474. The van der Waals surface area contributed by atoms with Crippen LogP contribution in [0.2, 0.25) is 0 Å². The van der Waals surface area contributed by atoms with E-state index in [1.54, 1.807) is 18.2 Å². The number of halogens is 3. The lowest BCUT2D eigenvalue weighted by molar-refractivity contribution is -0.0504. The predicted molar refractivity (Wildman–Crippen MR) is 118 cm³/mol. The molecule has 1 aromatic carbocycles. The Morgan fingerprint density at radius 2 is 2.00 bits per heavy atom. The van der Waals surface area contributed by atoms with Crippen LogP contribution in [0.15, 0.2) is 35.3 Å². The van der Waals surface area contributed by atoms with Gasteiger partial charge in [0.2, 0.25) is 0 Å². The number of ether oxygens (including phenoxy) is 1. The van der Waals surface area contributed by atoms with Gasteiger partial charge in [0, 0.05) is 30.9 Å². The maximum atomic E-state index is 12.5. The minimum Gasteiger partial charge on any atom is -0.434 e. The second-order valence-electron chi connectivity index (χ2n) is 6.11. The van der Waals surface area contributed by atoms with E-state index in [-0.39, 0.29) is 36.3 Å². The first-order valence-electron chi connectivity index (χ1n) is 9.05. The molecule has 0 bridgehead atoms. The molecule has 0 aliphatic heterocycles. The van der Waals surface area contributed by atoms with Crippen molar-refractivity contribution in [2.45, 2.75) is 46.9 Å². The van der Waals surface area contributed by atoms with Crippen molar-refractivity contribution in [3.8, 4) is 5.75 Å². The molecule has 0 unspecified atom stereocenters. The molecule has 0 aliphatic carbocycles. The second-order valence-corrected chi connectivity index (χ2v) is 6.11. The summed E-state index contributed by atoms with van der Waals surface area (Å²) in [6.45, 7) is 5.63. The van der Waals surface area contributed by atoms with Crippen LogP contribution in [-0.4, -0.2) is 35.4 Å². The summed E-state index contributed by atoms with van der Waals surface area (Å²) >= 11 is 0. The van der Waals surface area contributed by atoms with Crippen LogP contribution in [0.3, 0.4) is 0 Å². The molecule has 0 saturated heterocycles. The Morgan fingerprint density at radius 3 is 2.64 bits per heavy atom. The van der Waals surface area contributed by atoms with E-state index in [9.17, 15) is 8.78 Å². The molecule has 2 N–H and O–H groups in total. The van der Waals surface area contributed by atoms with Crippen LogP contribution in [0, 0.1) is 13.8 Å². The summed E-state index contributed by atoms with van der Waals surface area (Å²) in [5.74, 6) is 0.786. The Kier molecular flexibility index (Phi) is 10.8. The van der Waals surface area contributed by atoms with E-state index in [1.807, 2.05) is 25.5 Å². The van der Waals surface area contributed by atoms with Gasteiger partial charge in [-0.1, -0.05) is 18.2 Å². The summed E-state index contributed by atoms with van der Waals surface area (Å²) in [6.07, 6.45) is 0.886. The first-order chi connectivity index (χ1) is 13.0. The molecule has 1 heterocycles. The van der Waals surface area contributed by atoms with Gasteiger partial charge in [0.1, 0.15) is 5.75 Å². The Labute approximate surface area is 181 Å². The quantitative estimate of drug-likeness (QED) is 0.234. The Morgan fingerprint density at radius 1 is 1.25 bits per heavy atom. The largest absolute Gasteiger partial charge is 0.434 e. The van der Waals surface area contributed by atoms with Crippen molar-refractivity contribution < 1.29 is 13.5 Å². The molecule has 0 atom stereocenters. The van der Waals surface area contributed by atoms with Crippen molar-refractivity contribution in [3.63, 3.8) is 0 Å². The number of aromatic nitrogens is 2. The monoisotopic (exact) mass is 507 g/mol. The molecule has 1 aromatic heterocycles. The fourth-order valence-electron chi connectivity index (χ4n) is 2.69. The molecule has 0 saturated carbocycles. The number of benzene rings is 1. The molecule has 0 aliphatic rings. The normalized spacial score (nSPS) is 11.3. The van der Waals surface area contributed by atoms with Crippen LogP contribution >= 0.6 is 24.0 Å². The van der Waals surface area contributed by atoms with E-state index < -0.39 is 6.61 Å². The van der Waals surface area contributed by atoms with Gasteiger partial charge >= 0.3 is 6.61 Å². The smallest absolute Gasteiger partial charge is 0.387 e. The fourth-order valence-corrected chi connectivity index (χ4v) is 2.69. The van der Waals surface area contributed by atoms with Gasteiger partial charge in [-0.15, -0.1) is 24.0 Å². The molecular formula is C19H28F2IN5O. The standard InChI is InChI=1S/C19H27F2N5O.HI/c1-4-22-19(23-10-7-11-26-15(3)12-14(2)25-26)24-13-16-8-5-6-9-17(16)27-18(20)21;/h5-6,8-9,12,18H,4,7,10-11,13H2,1-3H3,(H2,22,23,24);1H. The van der Waals surface area contributed by atoms with Gasteiger partial charge in [-0.2, -0.15) is 13.9 Å². The predicted octanol–water partition coefficient (Wildman–Crippen LogP) is 3.86. The van der Waals surface area contributed by atoms with Gasteiger partial charge < -0.3 is 15.4 Å². The maximum Gasteiger partial charge on any atom is 0.387 e. The zero-order chi connectivity index (χ0) is 19.6. The average Bonchev–Trinajstić information content (AvgIpc) is 2.94. The van der Waals surface area contributed by atoms with Gasteiger partial charge in [0.05, 0.1) is 12.2 Å².